The van der Waals surface area contributed by atoms with Crippen LogP contribution in [0.4, 0.5) is 5.69 Å². The van der Waals surface area contributed by atoms with Gasteiger partial charge in [-0.2, -0.15) is 5.10 Å². The van der Waals surface area contributed by atoms with Crippen LogP contribution in [0.1, 0.15) is 36.2 Å². The molecule has 3 aromatic carbocycles. The van der Waals surface area contributed by atoms with Crippen molar-refractivity contribution in [3.8, 4) is 23.0 Å². The Morgan fingerprint density at radius 2 is 1.74 bits per heavy atom. The van der Waals surface area contributed by atoms with Gasteiger partial charge in [-0.25, -0.2) is 5.43 Å². The minimum Gasteiger partial charge on any atom is -0.493 e. The molecule has 0 atom stereocenters. The molecule has 0 spiro atoms. The highest BCUT2D eigenvalue weighted by molar-refractivity contribution is 14.1. The Labute approximate surface area is 246 Å². The van der Waals surface area contributed by atoms with Crippen LogP contribution in [0.5, 0.6) is 23.0 Å². The molecule has 0 unspecified atom stereocenters. The number of ether oxygens (including phenoxy) is 4. The second kappa shape index (κ2) is 15.2. The average Bonchev–Trinajstić information content (AvgIpc) is 2.92. The monoisotopic (exact) mass is 665 g/mol. The fraction of sp³-hybridized carbons (Fsp3) is 0.250. The lowest BCUT2D eigenvalue weighted by molar-refractivity contribution is -0.118. The predicted octanol–water partition coefficient (Wildman–Crippen LogP) is 5.92. The van der Waals surface area contributed by atoms with Gasteiger partial charge in [0.2, 0.25) is 0 Å². The number of methoxy groups -OCH3 is 1. The van der Waals surface area contributed by atoms with E-state index in [1.54, 1.807) is 54.6 Å². The first-order valence-electron chi connectivity index (χ1n) is 12.1. The van der Waals surface area contributed by atoms with E-state index in [9.17, 15) is 9.59 Å². The molecule has 3 rings (SSSR count). The van der Waals surface area contributed by atoms with E-state index in [1.165, 1.54) is 13.3 Å². The number of benzene rings is 3. The van der Waals surface area contributed by atoms with Gasteiger partial charge in [-0.1, -0.05) is 18.5 Å². The molecule has 0 aliphatic carbocycles. The molecule has 206 valence electrons. The third kappa shape index (κ3) is 9.03. The zero-order chi connectivity index (χ0) is 28.2. The van der Waals surface area contributed by atoms with Crippen LogP contribution in [0.15, 0.2) is 59.7 Å². The Bertz CT molecular complexity index is 1320. The van der Waals surface area contributed by atoms with Crippen molar-refractivity contribution >= 4 is 57.9 Å². The zero-order valence-electron chi connectivity index (χ0n) is 21.8. The number of rotatable bonds is 13. The van der Waals surface area contributed by atoms with Crippen LogP contribution in [0.25, 0.3) is 0 Å². The molecule has 0 saturated carbocycles. The molecule has 3 aromatic rings. The van der Waals surface area contributed by atoms with E-state index in [0.717, 1.165) is 6.42 Å². The van der Waals surface area contributed by atoms with E-state index < -0.39 is 5.91 Å². The van der Waals surface area contributed by atoms with Crippen molar-refractivity contribution in [2.24, 2.45) is 5.10 Å². The first kappa shape index (κ1) is 30.0. The number of hydrazone groups is 1. The van der Waals surface area contributed by atoms with Gasteiger partial charge < -0.3 is 24.3 Å². The molecule has 2 amide bonds. The summed E-state index contributed by atoms with van der Waals surface area (Å²) < 4.78 is 23.2. The number of carbonyl (C=O) groups excluding carboxylic acids is 2. The average molecular weight is 666 g/mol. The van der Waals surface area contributed by atoms with Crippen molar-refractivity contribution in [2.75, 3.05) is 32.2 Å². The largest absolute Gasteiger partial charge is 0.493 e. The van der Waals surface area contributed by atoms with Gasteiger partial charge in [0.05, 0.1) is 30.1 Å². The van der Waals surface area contributed by atoms with Crippen LogP contribution in [0.2, 0.25) is 5.02 Å². The molecule has 0 heterocycles. The highest BCUT2D eigenvalue weighted by Crippen LogP contribution is 2.33. The maximum absolute atomic E-state index is 12.6. The van der Waals surface area contributed by atoms with Crippen LogP contribution >= 0.6 is 34.2 Å². The molecule has 39 heavy (non-hydrogen) atoms. The van der Waals surface area contributed by atoms with Gasteiger partial charge in [-0.3, -0.25) is 9.59 Å². The first-order valence-corrected chi connectivity index (χ1v) is 13.6. The molecule has 0 aromatic heterocycles. The third-order valence-electron chi connectivity index (χ3n) is 5.07. The molecule has 0 bridgehead atoms. The van der Waals surface area contributed by atoms with Gasteiger partial charge in [0.15, 0.2) is 29.6 Å². The summed E-state index contributed by atoms with van der Waals surface area (Å²) in [7, 11) is 1.50. The normalized spacial score (nSPS) is 10.7. The summed E-state index contributed by atoms with van der Waals surface area (Å²) in [6, 6.07) is 15.2. The van der Waals surface area contributed by atoms with E-state index in [1.807, 2.05) is 13.8 Å². The maximum atomic E-state index is 12.6. The van der Waals surface area contributed by atoms with Crippen molar-refractivity contribution in [1.29, 1.82) is 0 Å². The van der Waals surface area contributed by atoms with Crippen LogP contribution in [0, 0.1) is 3.57 Å². The quantitative estimate of drug-likeness (QED) is 0.133. The molecule has 0 fully saturated rings. The van der Waals surface area contributed by atoms with Crippen molar-refractivity contribution in [1.82, 2.24) is 5.43 Å². The van der Waals surface area contributed by atoms with Crippen molar-refractivity contribution in [2.45, 2.75) is 20.3 Å². The molecular formula is C28H29ClIN3O6. The Hall–Kier alpha value is -3.51. The first-order chi connectivity index (χ1) is 18.8. The van der Waals surface area contributed by atoms with Crippen LogP contribution in [-0.2, 0) is 4.79 Å². The van der Waals surface area contributed by atoms with Gasteiger partial charge in [-0.05, 0) is 96.1 Å². The Morgan fingerprint density at radius 1 is 0.974 bits per heavy atom. The fourth-order valence-electron chi connectivity index (χ4n) is 3.30. The molecule has 11 heteroatoms. The summed E-state index contributed by atoms with van der Waals surface area (Å²) in [5, 5.41) is 7.39. The van der Waals surface area contributed by atoms with Crippen molar-refractivity contribution in [3.63, 3.8) is 0 Å². The zero-order valence-corrected chi connectivity index (χ0v) is 24.7. The topological polar surface area (TPSA) is 107 Å². The fourth-order valence-corrected chi connectivity index (χ4v) is 4.21. The number of halogens is 2. The van der Waals surface area contributed by atoms with E-state index >= 15 is 0 Å². The number of amides is 2. The molecule has 0 radical (unpaired) electrons. The van der Waals surface area contributed by atoms with Gasteiger partial charge in [0, 0.05) is 16.3 Å². The van der Waals surface area contributed by atoms with E-state index in [-0.39, 0.29) is 12.5 Å². The second-order valence-corrected chi connectivity index (χ2v) is 9.62. The van der Waals surface area contributed by atoms with E-state index in [2.05, 4.69) is 38.4 Å². The third-order valence-corrected chi connectivity index (χ3v) is 6.13. The lowest BCUT2D eigenvalue weighted by Gasteiger charge is -2.13. The number of nitrogens with zero attached hydrogens (tertiary/aromatic N) is 1. The number of anilines is 1. The number of carbonyl (C=O) groups is 2. The SMILES string of the molecule is CCCOc1ccc(C(=O)N/N=C/c2cc(I)c(OCC(=O)Nc3ccc(Cl)cc3)c(OC)c2)cc1OCC. The summed E-state index contributed by atoms with van der Waals surface area (Å²) in [5.41, 5.74) is 4.17. The molecular weight excluding hydrogens is 637 g/mol. The summed E-state index contributed by atoms with van der Waals surface area (Å²) in [6.07, 6.45) is 2.35. The Kier molecular flexibility index (Phi) is 11.7. The smallest absolute Gasteiger partial charge is 0.271 e. The minimum absolute atomic E-state index is 0.218. The van der Waals surface area contributed by atoms with Crippen LogP contribution in [-0.4, -0.2) is 45.0 Å². The van der Waals surface area contributed by atoms with Crippen LogP contribution in [0.3, 0.4) is 0 Å². The van der Waals surface area contributed by atoms with Gasteiger partial charge in [0.1, 0.15) is 0 Å². The summed E-state index contributed by atoms with van der Waals surface area (Å²) in [6.45, 7) is 4.66. The van der Waals surface area contributed by atoms with Gasteiger partial charge in [0.25, 0.3) is 11.8 Å². The lowest BCUT2D eigenvalue weighted by Crippen LogP contribution is -2.20. The molecule has 0 aliphatic rings. The molecule has 2 N–H and O–H groups in total. The summed E-state index contributed by atoms with van der Waals surface area (Å²) >= 11 is 7.95. The molecule has 0 saturated heterocycles. The van der Waals surface area contributed by atoms with E-state index in [0.29, 0.717) is 61.6 Å². The Morgan fingerprint density at radius 3 is 2.44 bits per heavy atom. The number of hydrogen-bond acceptors (Lipinski definition) is 7. The molecule has 9 nitrogen and oxygen atoms in total. The number of nitrogens with one attached hydrogen (secondary N) is 2. The second-order valence-electron chi connectivity index (χ2n) is 8.02. The minimum atomic E-state index is -0.400. The molecule has 0 aliphatic heterocycles. The highest BCUT2D eigenvalue weighted by atomic mass is 127. The summed E-state index contributed by atoms with van der Waals surface area (Å²) in [5.74, 6) is 1.19. The van der Waals surface area contributed by atoms with Gasteiger partial charge in [-0.15, -0.1) is 0 Å². The Balaban J connectivity index is 1.63. The van der Waals surface area contributed by atoms with Gasteiger partial charge >= 0.3 is 0 Å². The standard InChI is InChI=1S/C28H29ClIN3O6/c1-4-12-38-23-11-6-19(15-24(23)37-5-2)28(35)33-31-16-18-13-22(30)27(25(14-18)36-3)39-17-26(34)32-21-9-7-20(29)8-10-21/h6-11,13-16H,4-5,12,17H2,1-3H3,(H,32,34)(H,33,35)/b31-16+. The lowest BCUT2D eigenvalue weighted by atomic mass is 10.2. The van der Waals surface area contributed by atoms with E-state index in [4.69, 9.17) is 30.5 Å². The van der Waals surface area contributed by atoms with Crippen molar-refractivity contribution in [3.05, 3.63) is 74.3 Å². The highest BCUT2D eigenvalue weighted by Gasteiger charge is 2.14. The predicted molar refractivity (Wildman–Crippen MR) is 160 cm³/mol. The van der Waals surface area contributed by atoms with Crippen LogP contribution < -0.4 is 29.7 Å². The van der Waals surface area contributed by atoms with Crippen molar-refractivity contribution < 1.29 is 28.5 Å². The summed E-state index contributed by atoms with van der Waals surface area (Å²) in [4.78, 5) is 25.0. The maximum Gasteiger partial charge on any atom is 0.271 e. The number of hydrogen-bond donors (Lipinski definition) is 2.